The van der Waals surface area contributed by atoms with Crippen molar-refractivity contribution in [2.75, 3.05) is 7.11 Å². The SMILES string of the molecule is COc1ccccc1Cc1noc([C@@H]2CC[C@H](N)C2)n1. The van der Waals surface area contributed by atoms with E-state index in [1.54, 1.807) is 7.11 Å². The van der Waals surface area contributed by atoms with E-state index >= 15 is 0 Å². The average Bonchev–Trinajstić information content (AvgIpc) is 3.08. The maximum atomic E-state index is 5.92. The van der Waals surface area contributed by atoms with Crippen LogP contribution in [0, 0.1) is 0 Å². The molecular formula is C15H19N3O2. The maximum Gasteiger partial charge on any atom is 0.229 e. The summed E-state index contributed by atoms with van der Waals surface area (Å²) < 4.78 is 10.7. The van der Waals surface area contributed by atoms with Gasteiger partial charge in [0.05, 0.1) is 7.11 Å². The number of hydrogen-bond donors (Lipinski definition) is 1. The molecule has 1 heterocycles. The Morgan fingerprint density at radius 3 is 2.95 bits per heavy atom. The summed E-state index contributed by atoms with van der Waals surface area (Å²) in [5.41, 5.74) is 6.98. The monoisotopic (exact) mass is 273 g/mol. The first kappa shape index (κ1) is 13.1. The molecule has 1 aliphatic carbocycles. The number of nitrogens with two attached hydrogens (primary N) is 1. The summed E-state index contributed by atoms with van der Waals surface area (Å²) in [6.45, 7) is 0. The van der Waals surface area contributed by atoms with Gasteiger partial charge in [0.15, 0.2) is 5.82 Å². The second-order valence-corrected chi connectivity index (χ2v) is 5.31. The van der Waals surface area contributed by atoms with E-state index in [2.05, 4.69) is 10.1 Å². The zero-order chi connectivity index (χ0) is 13.9. The van der Waals surface area contributed by atoms with Crippen molar-refractivity contribution in [1.82, 2.24) is 10.1 Å². The highest BCUT2D eigenvalue weighted by Crippen LogP contribution is 2.32. The van der Waals surface area contributed by atoms with Crippen LogP contribution in [0.1, 0.15) is 42.5 Å². The molecule has 2 N–H and O–H groups in total. The first-order valence-electron chi connectivity index (χ1n) is 6.96. The van der Waals surface area contributed by atoms with E-state index in [1.807, 2.05) is 24.3 Å². The van der Waals surface area contributed by atoms with E-state index in [0.29, 0.717) is 18.2 Å². The average molecular weight is 273 g/mol. The molecule has 0 radical (unpaired) electrons. The Hall–Kier alpha value is -1.88. The van der Waals surface area contributed by atoms with Gasteiger partial charge in [0.2, 0.25) is 5.89 Å². The molecular weight excluding hydrogens is 254 g/mol. The van der Waals surface area contributed by atoms with Crippen molar-refractivity contribution < 1.29 is 9.26 Å². The molecule has 0 spiro atoms. The van der Waals surface area contributed by atoms with Crippen molar-refractivity contribution in [3.05, 3.63) is 41.5 Å². The largest absolute Gasteiger partial charge is 0.496 e. The second kappa shape index (κ2) is 5.63. The fourth-order valence-electron chi connectivity index (χ4n) is 2.77. The molecule has 0 amide bonds. The Bertz CT molecular complexity index is 582. The van der Waals surface area contributed by atoms with Crippen LogP contribution in [0.15, 0.2) is 28.8 Å². The summed E-state index contributed by atoms with van der Waals surface area (Å²) in [5, 5.41) is 4.07. The predicted molar refractivity (Wildman–Crippen MR) is 74.7 cm³/mol. The summed E-state index contributed by atoms with van der Waals surface area (Å²) in [6, 6.07) is 8.15. The molecule has 0 aliphatic heterocycles. The lowest BCUT2D eigenvalue weighted by Gasteiger charge is -2.05. The van der Waals surface area contributed by atoms with Gasteiger partial charge in [-0.15, -0.1) is 0 Å². The third-order valence-electron chi connectivity index (χ3n) is 3.85. The van der Waals surface area contributed by atoms with E-state index in [-0.39, 0.29) is 6.04 Å². The number of para-hydroxylation sites is 1. The van der Waals surface area contributed by atoms with Crippen LogP contribution in [0.25, 0.3) is 0 Å². The molecule has 0 unspecified atom stereocenters. The van der Waals surface area contributed by atoms with Gasteiger partial charge in [-0.3, -0.25) is 0 Å². The minimum Gasteiger partial charge on any atom is -0.496 e. The Morgan fingerprint density at radius 1 is 1.35 bits per heavy atom. The topological polar surface area (TPSA) is 74.2 Å². The lowest BCUT2D eigenvalue weighted by molar-refractivity contribution is 0.349. The molecule has 2 atom stereocenters. The van der Waals surface area contributed by atoms with Crippen LogP contribution >= 0.6 is 0 Å². The van der Waals surface area contributed by atoms with Crippen LogP contribution in [0.4, 0.5) is 0 Å². The van der Waals surface area contributed by atoms with Gasteiger partial charge in [0.1, 0.15) is 5.75 Å². The van der Waals surface area contributed by atoms with Crippen molar-refractivity contribution in [3.63, 3.8) is 0 Å². The summed E-state index contributed by atoms with van der Waals surface area (Å²) >= 11 is 0. The van der Waals surface area contributed by atoms with E-state index < -0.39 is 0 Å². The third kappa shape index (κ3) is 2.67. The summed E-state index contributed by atoms with van der Waals surface area (Å²) in [7, 11) is 1.67. The molecule has 0 saturated heterocycles. The van der Waals surface area contributed by atoms with Gasteiger partial charge in [0.25, 0.3) is 0 Å². The van der Waals surface area contributed by atoms with E-state index in [9.17, 15) is 0 Å². The normalized spacial score (nSPS) is 22.1. The van der Waals surface area contributed by atoms with Crippen LogP contribution in [0.3, 0.4) is 0 Å². The first-order valence-corrected chi connectivity index (χ1v) is 6.96. The van der Waals surface area contributed by atoms with E-state index in [4.69, 9.17) is 15.0 Å². The number of nitrogens with zero attached hydrogens (tertiary/aromatic N) is 2. The summed E-state index contributed by atoms with van der Waals surface area (Å²) in [6.07, 6.45) is 3.63. The van der Waals surface area contributed by atoms with Gasteiger partial charge in [-0.05, 0) is 25.3 Å². The van der Waals surface area contributed by atoms with Crippen LogP contribution in [0.2, 0.25) is 0 Å². The van der Waals surface area contributed by atoms with Gasteiger partial charge in [0, 0.05) is 23.9 Å². The lowest BCUT2D eigenvalue weighted by Crippen LogP contribution is -2.14. The molecule has 106 valence electrons. The van der Waals surface area contributed by atoms with Crippen LogP contribution in [-0.4, -0.2) is 23.3 Å². The highest BCUT2D eigenvalue weighted by Gasteiger charge is 2.27. The van der Waals surface area contributed by atoms with Gasteiger partial charge in [-0.2, -0.15) is 4.98 Å². The van der Waals surface area contributed by atoms with Crippen molar-refractivity contribution in [2.45, 2.75) is 37.6 Å². The molecule has 3 rings (SSSR count). The lowest BCUT2D eigenvalue weighted by atomic mass is 10.1. The zero-order valence-electron chi connectivity index (χ0n) is 11.6. The highest BCUT2D eigenvalue weighted by atomic mass is 16.5. The minimum atomic E-state index is 0.268. The van der Waals surface area contributed by atoms with Crippen LogP contribution in [0.5, 0.6) is 5.75 Å². The third-order valence-corrected chi connectivity index (χ3v) is 3.85. The fraction of sp³-hybridized carbons (Fsp3) is 0.467. The molecule has 2 aromatic rings. The Morgan fingerprint density at radius 2 is 2.20 bits per heavy atom. The fourth-order valence-corrected chi connectivity index (χ4v) is 2.77. The van der Waals surface area contributed by atoms with E-state index in [0.717, 1.165) is 36.5 Å². The van der Waals surface area contributed by atoms with Crippen molar-refractivity contribution >= 4 is 0 Å². The van der Waals surface area contributed by atoms with Crippen molar-refractivity contribution in [3.8, 4) is 5.75 Å². The van der Waals surface area contributed by atoms with E-state index in [1.165, 1.54) is 0 Å². The van der Waals surface area contributed by atoms with Gasteiger partial charge < -0.3 is 15.0 Å². The second-order valence-electron chi connectivity index (χ2n) is 5.31. The quantitative estimate of drug-likeness (QED) is 0.925. The minimum absolute atomic E-state index is 0.268. The highest BCUT2D eigenvalue weighted by molar-refractivity contribution is 5.35. The molecule has 1 saturated carbocycles. The molecule has 1 aromatic carbocycles. The van der Waals surface area contributed by atoms with Crippen molar-refractivity contribution in [1.29, 1.82) is 0 Å². The number of hydrogen-bond acceptors (Lipinski definition) is 5. The van der Waals surface area contributed by atoms with Gasteiger partial charge >= 0.3 is 0 Å². The standard InChI is InChI=1S/C15H19N3O2/c1-19-13-5-3-2-4-10(13)9-14-17-15(20-18-14)11-6-7-12(16)8-11/h2-5,11-12H,6-9,16H2,1H3/t11-,12+/m1/s1. The summed E-state index contributed by atoms with van der Waals surface area (Å²) in [4.78, 5) is 4.51. The van der Waals surface area contributed by atoms with Crippen LogP contribution in [-0.2, 0) is 6.42 Å². The number of rotatable bonds is 4. The van der Waals surface area contributed by atoms with Gasteiger partial charge in [-0.25, -0.2) is 0 Å². The maximum absolute atomic E-state index is 5.92. The van der Waals surface area contributed by atoms with Crippen molar-refractivity contribution in [2.24, 2.45) is 5.73 Å². The smallest absolute Gasteiger partial charge is 0.229 e. The Balaban J connectivity index is 1.74. The predicted octanol–water partition coefficient (Wildman–Crippen LogP) is 2.26. The molecule has 20 heavy (non-hydrogen) atoms. The molecule has 5 heteroatoms. The Kier molecular flexibility index (Phi) is 3.69. The molecule has 5 nitrogen and oxygen atoms in total. The molecule has 1 fully saturated rings. The molecule has 1 aromatic heterocycles. The Labute approximate surface area is 118 Å². The summed E-state index contributed by atoms with van der Waals surface area (Å²) in [5.74, 6) is 2.60. The first-order chi connectivity index (χ1) is 9.76. The number of aromatic nitrogens is 2. The van der Waals surface area contributed by atoms with Gasteiger partial charge in [-0.1, -0.05) is 23.4 Å². The number of ether oxygens (including phenoxy) is 1. The van der Waals surface area contributed by atoms with Crippen LogP contribution < -0.4 is 10.5 Å². The molecule has 0 bridgehead atoms. The zero-order valence-corrected chi connectivity index (χ0v) is 11.6. The molecule has 1 aliphatic rings. The number of methoxy groups -OCH3 is 1. The number of benzene rings is 1.